The Labute approximate surface area is 488 Å². The highest BCUT2D eigenvalue weighted by Gasteiger charge is 2.19. The second-order valence-corrected chi connectivity index (χ2v) is 21.6. The van der Waals surface area contributed by atoms with Gasteiger partial charge in [-0.3, -0.25) is 14.4 Å². The zero-order chi connectivity index (χ0) is 57.1. The van der Waals surface area contributed by atoms with E-state index in [2.05, 4.69) is 142 Å². The summed E-state index contributed by atoms with van der Waals surface area (Å²) in [5.41, 5.74) is 0. The normalized spacial score (nSPS) is 12.9. The Balaban J connectivity index is 4.23. The lowest BCUT2D eigenvalue weighted by Crippen LogP contribution is -2.30. The number of unbranched alkanes of at least 4 members (excludes halogenated alkanes) is 28. The second kappa shape index (κ2) is 66.3. The molecule has 0 aliphatic heterocycles. The molecule has 1 atom stereocenters. The number of ether oxygens (including phenoxy) is 3. The summed E-state index contributed by atoms with van der Waals surface area (Å²) in [4.78, 5) is 38.3. The Morgan fingerprint density at radius 2 is 0.494 bits per heavy atom. The van der Waals surface area contributed by atoms with Crippen molar-refractivity contribution >= 4 is 17.9 Å². The van der Waals surface area contributed by atoms with Crippen molar-refractivity contribution in [1.82, 2.24) is 0 Å². The summed E-state index contributed by atoms with van der Waals surface area (Å²) in [6, 6.07) is 0. The van der Waals surface area contributed by atoms with E-state index in [0.717, 1.165) is 128 Å². The molecule has 0 aliphatic carbocycles. The first-order valence-electron chi connectivity index (χ1n) is 33.0. The second-order valence-electron chi connectivity index (χ2n) is 21.6. The van der Waals surface area contributed by atoms with Gasteiger partial charge in [0.15, 0.2) is 6.10 Å². The molecule has 0 heterocycles. The molecule has 1 unspecified atom stereocenters. The van der Waals surface area contributed by atoms with Crippen molar-refractivity contribution in [1.29, 1.82) is 0 Å². The van der Waals surface area contributed by atoms with Crippen LogP contribution in [0.3, 0.4) is 0 Å². The van der Waals surface area contributed by atoms with Crippen LogP contribution in [0, 0.1) is 0 Å². The van der Waals surface area contributed by atoms with Crippen LogP contribution in [0.4, 0.5) is 0 Å². The van der Waals surface area contributed by atoms with E-state index in [1.165, 1.54) is 135 Å². The van der Waals surface area contributed by atoms with Crippen LogP contribution in [0.25, 0.3) is 0 Å². The monoisotopic (exact) mass is 1090 g/mol. The van der Waals surface area contributed by atoms with Gasteiger partial charge in [0, 0.05) is 19.3 Å². The molecule has 0 rings (SSSR count). The van der Waals surface area contributed by atoms with Gasteiger partial charge in [-0.2, -0.15) is 0 Å². The summed E-state index contributed by atoms with van der Waals surface area (Å²) in [5, 5.41) is 0. The van der Waals surface area contributed by atoms with Gasteiger partial charge in [-0.1, -0.05) is 296 Å². The highest BCUT2D eigenvalue weighted by atomic mass is 16.6. The lowest BCUT2D eigenvalue weighted by molar-refractivity contribution is -0.167. The minimum absolute atomic E-state index is 0.0879. The van der Waals surface area contributed by atoms with E-state index < -0.39 is 6.10 Å². The van der Waals surface area contributed by atoms with Gasteiger partial charge in [0.2, 0.25) is 0 Å². The lowest BCUT2D eigenvalue weighted by atomic mass is 10.0. The van der Waals surface area contributed by atoms with E-state index in [-0.39, 0.29) is 31.1 Å². The molecule has 450 valence electrons. The summed E-state index contributed by atoms with van der Waals surface area (Å²) >= 11 is 0. The Hall–Kier alpha value is -4.19. The minimum Gasteiger partial charge on any atom is -0.462 e. The molecule has 0 radical (unpaired) electrons. The maximum Gasteiger partial charge on any atom is 0.306 e. The summed E-state index contributed by atoms with van der Waals surface area (Å²) < 4.78 is 16.9. The van der Waals surface area contributed by atoms with E-state index in [1.54, 1.807) is 0 Å². The SMILES string of the molecule is CC/C=C\C/C=C\C/C=C\C/C=C\C/C=C\C/C=C\C/C=C\CCCCCCCCCCCCCC(=O)OCC(COC(=O)CCCCC/C=C\C/C=C\C/C=C\CC)OC(=O)CCCCCCCCCCCCCCCCC. The van der Waals surface area contributed by atoms with Crippen LogP contribution in [0.15, 0.2) is 122 Å². The predicted octanol–water partition coefficient (Wildman–Crippen LogP) is 22.8. The number of hydrogen-bond acceptors (Lipinski definition) is 6. The third kappa shape index (κ3) is 64.5. The van der Waals surface area contributed by atoms with E-state index in [9.17, 15) is 14.4 Å². The van der Waals surface area contributed by atoms with Crippen molar-refractivity contribution in [3.63, 3.8) is 0 Å². The fraction of sp³-hybridized carbons (Fsp3) is 0.685. The zero-order valence-electron chi connectivity index (χ0n) is 51.6. The van der Waals surface area contributed by atoms with Crippen LogP contribution in [0.5, 0.6) is 0 Å². The molecule has 6 heteroatoms. The van der Waals surface area contributed by atoms with Crippen molar-refractivity contribution in [2.45, 2.75) is 309 Å². The fourth-order valence-corrected chi connectivity index (χ4v) is 9.09. The smallest absolute Gasteiger partial charge is 0.306 e. The van der Waals surface area contributed by atoms with E-state index >= 15 is 0 Å². The van der Waals surface area contributed by atoms with Crippen LogP contribution < -0.4 is 0 Å². The van der Waals surface area contributed by atoms with Gasteiger partial charge in [-0.15, -0.1) is 0 Å². The Morgan fingerprint density at radius 1 is 0.266 bits per heavy atom. The van der Waals surface area contributed by atoms with Gasteiger partial charge >= 0.3 is 17.9 Å². The van der Waals surface area contributed by atoms with Gasteiger partial charge in [-0.25, -0.2) is 0 Å². The molecule has 0 spiro atoms. The van der Waals surface area contributed by atoms with Gasteiger partial charge < -0.3 is 14.2 Å². The molecule has 0 saturated carbocycles. The highest BCUT2D eigenvalue weighted by Crippen LogP contribution is 2.16. The van der Waals surface area contributed by atoms with E-state index in [0.29, 0.717) is 19.3 Å². The van der Waals surface area contributed by atoms with Crippen molar-refractivity contribution in [3.05, 3.63) is 122 Å². The lowest BCUT2D eigenvalue weighted by Gasteiger charge is -2.18. The van der Waals surface area contributed by atoms with Gasteiger partial charge in [0.1, 0.15) is 13.2 Å². The van der Waals surface area contributed by atoms with Crippen molar-refractivity contribution in [3.8, 4) is 0 Å². The molecule has 0 bridgehead atoms. The third-order valence-electron chi connectivity index (χ3n) is 14.0. The van der Waals surface area contributed by atoms with Crippen LogP contribution in [-0.4, -0.2) is 37.2 Å². The van der Waals surface area contributed by atoms with Crippen molar-refractivity contribution in [2.75, 3.05) is 13.2 Å². The molecule has 0 fully saturated rings. The van der Waals surface area contributed by atoms with Crippen LogP contribution in [0.1, 0.15) is 303 Å². The predicted molar refractivity (Wildman–Crippen MR) is 343 cm³/mol. The number of esters is 3. The van der Waals surface area contributed by atoms with Crippen molar-refractivity contribution in [2.24, 2.45) is 0 Å². The topological polar surface area (TPSA) is 78.9 Å². The maximum atomic E-state index is 12.9. The van der Waals surface area contributed by atoms with E-state index in [4.69, 9.17) is 14.2 Å². The molecule has 0 saturated heterocycles. The molecule has 6 nitrogen and oxygen atoms in total. The molecule has 79 heavy (non-hydrogen) atoms. The number of allylic oxidation sites excluding steroid dienone is 20. The van der Waals surface area contributed by atoms with Gasteiger partial charge in [-0.05, 0) is 109 Å². The fourth-order valence-electron chi connectivity index (χ4n) is 9.09. The summed E-state index contributed by atoms with van der Waals surface area (Å²) in [6.07, 6.45) is 92.2. The average molecular weight is 1100 g/mol. The highest BCUT2D eigenvalue weighted by molar-refractivity contribution is 5.71. The number of carbonyl (C=O) groups excluding carboxylic acids is 3. The quantitative estimate of drug-likeness (QED) is 0.0261. The van der Waals surface area contributed by atoms with E-state index in [1.807, 2.05) is 0 Å². The molecule has 0 N–H and O–H groups in total. The Morgan fingerprint density at radius 3 is 0.785 bits per heavy atom. The van der Waals surface area contributed by atoms with Gasteiger partial charge in [0.25, 0.3) is 0 Å². The maximum absolute atomic E-state index is 12.9. The molecule has 0 aromatic heterocycles. The first-order valence-corrected chi connectivity index (χ1v) is 33.0. The van der Waals surface area contributed by atoms with Crippen LogP contribution >= 0.6 is 0 Å². The Bertz CT molecular complexity index is 1640. The first-order chi connectivity index (χ1) is 39.0. The first kappa shape index (κ1) is 74.8. The van der Waals surface area contributed by atoms with Crippen LogP contribution in [-0.2, 0) is 28.6 Å². The van der Waals surface area contributed by atoms with Crippen molar-refractivity contribution < 1.29 is 28.6 Å². The summed E-state index contributed by atoms with van der Waals surface area (Å²) in [7, 11) is 0. The third-order valence-corrected chi connectivity index (χ3v) is 14.0. The summed E-state index contributed by atoms with van der Waals surface area (Å²) in [5.74, 6) is -0.913. The standard InChI is InChI=1S/C73H122O6/c1-4-7-10-13-16-19-22-25-27-28-29-30-31-32-33-34-35-36-37-38-39-40-41-42-43-44-46-48-51-54-57-60-63-66-72(75)78-69-70(68-77-71(74)65-62-59-56-53-50-47-24-21-18-15-12-9-6-3)79-73(76)67-64-61-58-55-52-49-45-26-23-20-17-14-11-8-5-2/h7,9-10,12,16,18-19,21,25,27,29-30,32-33,35-36,38-39,47,50,70H,4-6,8,11,13-15,17,20,22-24,26,28,31,34,37,40-46,48-49,51-69H2,1-3H3/b10-7-,12-9-,19-16-,21-18-,27-25-,30-29-,33-32-,36-35-,39-38-,50-47-. The summed E-state index contributed by atoms with van der Waals surface area (Å²) in [6.45, 7) is 6.40. The number of carbonyl (C=O) groups is 3. The minimum atomic E-state index is -0.792. The molecular formula is C73H122O6. The molecule has 0 aromatic rings. The van der Waals surface area contributed by atoms with Gasteiger partial charge in [0.05, 0.1) is 0 Å². The largest absolute Gasteiger partial charge is 0.462 e. The average Bonchev–Trinajstić information content (AvgIpc) is 3.45. The zero-order valence-corrected chi connectivity index (χ0v) is 51.6. The molecule has 0 aliphatic rings. The van der Waals surface area contributed by atoms with Crippen LogP contribution in [0.2, 0.25) is 0 Å². The molecule has 0 amide bonds. The molecule has 0 aromatic carbocycles. The molecular weight excluding hydrogens is 973 g/mol. The number of hydrogen-bond donors (Lipinski definition) is 0. The Kier molecular flexibility index (Phi) is 62.8. The number of rotatable bonds is 59.